The van der Waals surface area contributed by atoms with E-state index >= 15 is 0 Å². The molecule has 4 N–H and O–H groups in total. The molecule has 17 heavy (non-hydrogen) atoms. The molecule has 0 radical (unpaired) electrons. The van der Waals surface area contributed by atoms with Crippen molar-refractivity contribution in [1.82, 2.24) is 0 Å². The zero-order chi connectivity index (χ0) is 12.6. The van der Waals surface area contributed by atoms with Gasteiger partial charge in [0.05, 0.1) is 11.9 Å². The predicted molar refractivity (Wildman–Crippen MR) is 36.7 cm³/mol. The number of hydrogen-bond donors (Lipinski definition) is 4. The zero-order valence-corrected chi connectivity index (χ0v) is 15.4. The Balaban J connectivity index is -0.000000105. The van der Waals surface area contributed by atoms with Crippen LogP contribution in [0.2, 0.25) is 0 Å². The molecule has 0 saturated carbocycles. The van der Waals surface area contributed by atoms with Gasteiger partial charge in [0.15, 0.2) is 0 Å². The molecule has 0 aromatic heterocycles. The third-order valence-electron chi connectivity index (χ3n) is 0.917. The van der Waals surface area contributed by atoms with Crippen molar-refractivity contribution >= 4 is 17.9 Å². The van der Waals surface area contributed by atoms with Gasteiger partial charge in [-0.05, 0) is 0 Å². The molecule has 0 spiro atoms. The largest absolute Gasteiger partial charge is 1.00 e. The van der Waals surface area contributed by atoms with E-state index in [0.29, 0.717) is 0 Å². The normalized spacial score (nSPS) is 11.5. The predicted octanol–water partition coefficient (Wildman–Crippen LogP) is -11.7. The van der Waals surface area contributed by atoms with Crippen LogP contribution in [0.4, 0.5) is 0 Å². The van der Waals surface area contributed by atoms with Gasteiger partial charge in [-0.3, -0.25) is 0 Å². The Morgan fingerprint density at radius 3 is 1.18 bits per heavy atom. The number of carbonyl (C=O) groups is 3. The Bertz CT molecular complexity index is 226. The Morgan fingerprint density at radius 1 is 0.941 bits per heavy atom. The summed E-state index contributed by atoms with van der Waals surface area (Å²) >= 11 is 0. The van der Waals surface area contributed by atoms with Crippen molar-refractivity contribution in [3.05, 3.63) is 0 Å². The van der Waals surface area contributed by atoms with Crippen LogP contribution in [-0.4, -0.2) is 57.1 Å². The molecule has 0 aromatic rings. The van der Waals surface area contributed by atoms with Crippen LogP contribution in [0.25, 0.3) is 0 Å². The summed E-state index contributed by atoms with van der Waals surface area (Å²) in [5, 5.41) is 50.7. The molecule has 0 fully saturated rings. The molecule has 0 aliphatic heterocycles. The molecule has 9 nitrogen and oxygen atoms in total. The molecule has 2 unspecified atom stereocenters. The van der Waals surface area contributed by atoms with Gasteiger partial charge in [0.2, 0.25) is 0 Å². The number of carboxylic acids is 3. The second kappa shape index (κ2) is 15.6. The van der Waals surface area contributed by atoms with Gasteiger partial charge in [-0.25, -0.2) is 4.79 Å². The summed E-state index contributed by atoms with van der Waals surface area (Å²) < 4.78 is 0. The fourth-order valence-corrected chi connectivity index (χ4v) is 0.258. The van der Waals surface area contributed by atoms with Gasteiger partial charge in [-0.15, -0.1) is 0 Å². The first-order valence-corrected chi connectivity index (χ1v) is 3.34. The van der Waals surface area contributed by atoms with Crippen molar-refractivity contribution in [2.45, 2.75) is 12.2 Å². The topological polar surface area (TPSA) is 178 Å². The van der Waals surface area contributed by atoms with Crippen molar-refractivity contribution in [3.63, 3.8) is 0 Å². The Kier molecular flexibility index (Phi) is 24.8. The molecule has 0 saturated heterocycles. The maximum Gasteiger partial charge on any atom is 1.00 e. The molecular weight excluding hydrogens is 294 g/mol. The van der Waals surface area contributed by atoms with Crippen LogP contribution in [0.15, 0.2) is 0 Å². The molecule has 0 aliphatic carbocycles. The molecule has 0 bridgehead atoms. The molecule has 0 aliphatic rings. The van der Waals surface area contributed by atoms with E-state index < -0.39 is 36.7 Å². The first kappa shape index (κ1) is 27.0. The molecule has 0 heterocycles. The number of hydrogen-bond acceptors (Lipinski definition) is 8. The molecule has 88 valence electrons. The van der Waals surface area contributed by atoms with Gasteiger partial charge in [-0.1, -0.05) is 0 Å². The quantitative estimate of drug-likeness (QED) is 0.367. The fraction of sp³-hybridized carbons (Fsp3) is 0.500. The minimum absolute atomic E-state index is 0. The standard InChI is InChI=1S/C4H6O6.C2H4O3.2K/c5-1(3(7)8)2(6)4(9)10;3-1-2(4)5;;/h1-2,5-6H,(H,7,8)(H,9,10);3H,1H2,(H,4,5);;/q;;2*+1/p-2. The van der Waals surface area contributed by atoms with Crippen molar-refractivity contribution < 1.29 is 148 Å². The summed E-state index contributed by atoms with van der Waals surface area (Å²) in [7, 11) is 0. The van der Waals surface area contributed by atoms with E-state index in [-0.39, 0.29) is 103 Å². The molecule has 0 amide bonds. The van der Waals surface area contributed by atoms with E-state index in [2.05, 4.69) is 0 Å². The first-order valence-electron chi connectivity index (χ1n) is 3.34. The molecule has 2 atom stereocenters. The van der Waals surface area contributed by atoms with Crippen molar-refractivity contribution in [1.29, 1.82) is 0 Å². The summed E-state index contributed by atoms with van der Waals surface area (Å²) in [5.41, 5.74) is 0. The van der Waals surface area contributed by atoms with Crippen molar-refractivity contribution in [2.24, 2.45) is 0 Å². The Morgan fingerprint density at radius 2 is 1.12 bits per heavy atom. The smallest absolute Gasteiger partial charge is 0.547 e. The fourth-order valence-electron chi connectivity index (χ4n) is 0.258. The number of carboxylic acid groups (broad SMARTS) is 3. The molecule has 0 rings (SSSR count). The van der Waals surface area contributed by atoms with E-state index in [0.717, 1.165) is 0 Å². The van der Waals surface area contributed by atoms with Gasteiger partial charge in [-0.2, -0.15) is 0 Å². The average molecular weight is 302 g/mol. The summed E-state index contributed by atoms with van der Waals surface area (Å²) in [6, 6.07) is 0. The number of aliphatic carboxylic acids is 3. The van der Waals surface area contributed by atoms with E-state index in [4.69, 9.17) is 25.2 Å². The van der Waals surface area contributed by atoms with Crippen LogP contribution in [0.5, 0.6) is 0 Å². The van der Waals surface area contributed by atoms with Crippen molar-refractivity contribution in [2.75, 3.05) is 6.61 Å². The van der Waals surface area contributed by atoms with Gasteiger partial charge >= 0.3 is 109 Å². The van der Waals surface area contributed by atoms with E-state index in [1.807, 2.05) is 0 Å². The van der Waals surface area contributed by atoms with Crippen LogP contribution >= 0.6 is 0 Å². The summed E-state index contributed by atoms with van der Waals surface area (Å²) in [5.74, 6) is -5.31. The van der Waals surface area contributed by atoms with Crippen LogP contribution in [-0.2, 0) is 14.4 Å². The molecule has 0 aromatic carbocycles. The molecule has 11 heteroatoms. The second-order valence-electron chi connectivity index (χ2n) is 2.08. The SMILES string of the molecule is O=C(O)CO.O=C([O-])C(O)C(O)C(=O)[O-].[K+].[K+]. The van der Waals surface area contributed by atoms with Crippen molar-refractivity contribution in [3.8, 4) is 0 Å². The zero-order valence-electron chi connectivity index (χ0n) is 9.19. The maximum atomic E-state index is 9.63. The molecular formula is C6H8K2O9. The minimum atomic E-state index is -2.44. The number of aliphatic hydroxyl groups is 3. The number of rotatable bonds is 4. The summed E-state index contributed by atoms with van der Waals surface area (Å²) in [6.07, 6.45) is -4.88. The monoisotopic (exact) mass is 302 g/mol. The van der Waals surface area contributed by atoms with Crippen LogP contribution in [0.3, 0.4) is 0 Å². The third-order valence-corrected chi connectivity index (χ3v) is 0.917. The number of carbonyl (C=O) groups excluding carboxylic acids is 2. The Hall–Kier alpha value is 1.56. The Labute approximate surface area is 181 Å². The minimum Gasteiger partial charge on any atom is -0.547 e. The van der Waals surface area contributed by atoms with E-state index in [9.17, 15) is 19.8 Å². The second-order valence-corrected chi connectivity index (χ2v) is 2.08. The summed E-state index contributed by atoms with van der Waals surface area (Å²) in [4.78, 5) is 28.4. The van der Waals surface area contributed by atoms with Gasteiger partial charge in [0.1, 0.15) is 18.8 Å². The van der Waals surface area contributed by atoms with E-state index in [1.165, 1.54) is 0 Å². The van der Waals surface area contributed by atoms with Gasteiger partial charge < -0.3 is 40.2 Å². The maximum absolute atomic E-state index is 9.63. The van der Waals surface area contributed by atoms with Gasteiger partial charge in [0.25, 0.3) is 0 Å². The number of aliphatic hydroxyl groups excluding tert-OH is 3. The average Bonchev–Trinajstić information content (AvgIpc) is 2.16. The van der Waals surface area contributed by atoms with Gasteiger partial charge in [0, 0.05) is 0 Å². The van der Waals surface area contributed by atoms with E-state index in [1.54, 1.807) is 0 Å². The van der Waals surface area contributed by atoms with Crippen LogP contribution in [0, 0.1) is 0 Å². The van der Waals surface area contributed by atoms with Crippen LogP contribution < -0.4 is 113 Å². The third kappa shape index (κ3) is 17.6. The summed E-state index contributed by atoms with van der Waals surface area (Å²) in [6.45, 7) is -0.778. The first-order chi connectivity index (χ1) is 6.73. The van der Waals surface area contributed by atoms with Crippen LogP contribution in [0.1, 0.15) is 0 Å².